The van der Waals surface area contributed by atoms with E-state index in [0.29, 0.717) is 0 Å². The molecule has 2 amide bonds. The van der Waals surface area contributed by atoms with Crippen molar-refractivity contribution in [1.29, 1.82) is 0 Å². The van der Waals surface area contributed by atoms with Gasteiger partial charge in [-0.2, -0.15) is 5.10 Å². The van der Waals surface area contributed by atoms with Crippen LogP contribution in [0.2, 0.25) is 5.02 Å². The molecule has 28 heavy (non-hydrogen) atoms. The number of benzene rings is 2. The Kier molecular flexibility index (Phi) is 6.77. The molecule has 2 rings (SSSR count). The molecule has 0 heterocycles. The number of carbonyl (C=O) groups excluding carboxylic acids is 3. The summed E-state index contributed by atoms with van der Waals surface area (Å²) in [5, 5.41) is 16.8. The Bertz CT molecular complexity index is 959. The normalized spacial score (nSPS) is 10.4. The average Bonchev–Trinajstić information content (AvgIpc) is 2.69. The van der Waals surface area contributed by atoms with Crippen molar-refractivity contribution >= 4 is 47.0 Å². The third kappa shape index (κ3) is 5.35. The van der Waals surface area contributed by atoms with Gasteiger partial charge in [0.05, 0.1) is 23.8 Å². The van der Waals surface area contributed by atoms with Gasteiger partial charge in [0.25, 0.3) is 5.69 Å². The summed E-state index contributed by atoms with van der Waals surface area (Å²) in [4.78, 5) is 45.1. The van der Waals surface area contributed by atoms with Gasteiger partial charge in [-0.15, -0.1) is 0 Å². The molecule has 2 aromatic rings. The zero-order valence-electron chi connectivity index (χ0n) is 14.3. The molecule has 0 aliphatic carbocycles. The number of halogens is 1. The van der Waals surface area contributed by atoms with Gasteiger partial charge in [-0.3, -0.25) is 19.7 Å². The number of amides is 2. The molecule has 0 aromatic heterocycles. The predicted molar refractivity (Wildman–Crippen MR) is 100 cm³/mol. The van der Waals surface area contributed by atoms with Gasteiger partial charge in [-0.1, -0.05) is 11.6 Å². The number of esters is 1. The van der Waals surface area contributed by atoms with Gasteiger partial charge in [-0.05, 0) is 30.3 Å². The highest BCUT2D eigenvalue weighted by atomic mass is 35.5. The van der Waals surface area contributed by atoms with Crippen molar-refractivity contribution in [2.24, 2.45) is 5.10 Å². The van der Waals surface area contributed by atoms with E-state index in [1.165, 1.54) is 49.6 Å². The molecule has 0 radical (unpaired) electrons. The largest absolute Gasteiger partial charge is 0.465 e. The Balaban J connectivity index is 1.96. The minimum Gasteiger partial charge on any atom is -0.465 e. The Morgan fingerprint density at radius 1 is 1.14 bits per heavy atom. The molecule has 0 saturated heterocycles. The number of methoxy groups -OCH3 is 1. The molecule has 2 N–H and O–H groups in total. The lowest BCUT2D eigenvalue weighted by Gasteiger charge is -2.05. The van der Waals surface area contributed by atoms with E-state index in [4.69, 9.17) is 11.6 Å². The Morgan fingerprint density at radius 3 is 2.43 bits per heavy atom. The smallest absolute Gasteiger partial charge is 0.337 e. The molecule has 10 nitrogen and oxygen atoms in total. The molecule has 0 atom stereocenters. The van der Waals surface area contributed by atoms with Crippen molar-refractivity contribution in [2.45, 2.75) is 0 Å². The molecular weight excluding hydrogens is 392 g/mol. The summed E-state index contributed by atoms with van der Waals surface area (Å²) in [6.45, 7) is 0. The number of carbonyl (C=O) groups is 3. The fourth-order valence-corrected chi connectivity index (χ4v) is 2.12. The van der Waals surface area contributed by atoms with Gasteiger partial charge in [0.15, 0.2) is 0 Å². The summed E-state index contributed by atoms with van der Waals surface area (Å²) in [6, 6.07) is 9.38. The second-order valence-corrected chi connectivity index (χ2v) is 5.59. The van der Waals surface area contributed by atoms with Crippen molar-refractivity contribution < 1.29 is 24.0 Å². The number of non-ortho nitro benzene ring substituents is 1. The zero-order valence-corrected chi connectivity index (χ0v) is 15.1. The monoisotopic (exact) mass is 404 g/mol. The predicted octanol–water partition coefficient (Wildman–Crippen LogP) is 2.12. The van der Waals surface area contributed by atoms with Crippen molar-refractivity contribution in [3.63, 3.8) is 0 Å². The third-order valence-electron chi connectivity index (χ3n) is 3.33. The first-order chi connectivity index (χ1) is 13.3. The van der Waals surface area contributed by atoms with Crippen molar-refractivity contribution in [3.8, 4) is 0 Å². The van der Waals surface area contributed by atoms with E-state index >= 15 is 0 Å². The van der Waals surface area contributed by atoms with Crippen LogP contribution in [0.5, 0.6) is 0 Å². The SMILES string of the molecule is COC(=O)c1ccc(NC(=O)C(=O)N/N=C/c2cc([N+](=O)[O-])ccc2Cl)cc1. The molecular formula is C17H13ClN4O6. The van der Waals surface area contributed by atoms with E-state index in [9.17, 15) is 24.5 Å². The standard InChI is InChI=1S/C17H13ClN4O6/c1-28-17(25)10-2-4-12(5-3-10)20-15(23)16(24)21-19-9-11-8-13(22(26)27)6-7-14(11)18/h2-9H,1H3,(H,20,23)(H,21,24)/b19-9+. The quantitative estimate of drug-likeness (QED) is 0.257. The highest BCUT2D eigenvalue weighted by Gasteiger charge is 2.14. The number of nitro groups is 1. The molecule has 0 saturated carbocycles. The number of hydrazone groups is 1. The zero-order chi connectivity index (χ0) is 20.7. The van der Waals surface area contributed by atoms with E-state index in [2.05, 4.69) is 15.2 Å². The number of ether oxygens (including phenoxy) is 1. The third-order valence-corrected chi connectivity index (χ3v) is 3.67. The van der Waals surface area contributed by atoms with Crippen LogP contribution in [-0.4, -0.2) is 36.0 Å². The summed E-state index contributed by atoms with van der Waals surface area (Å²) >= 11 is 5.89. The molecule has 11 heteroatoms. The van der Waals surface area contributed by atoms with E-state index < -0.39 is 22.7 Å². The number of nitrogens with zero attached hydrogens (tertiary/aromatic N) is 2. The van der Waals surface area contributed by atoms with Crippen LogP contribution < -0.4 is 10.7 Å². The summed E-state index contributed by atoms with van der Waals surface area (Å²) < 4.78 is 4.55. The van der Waals surface area contributed by atoms with Crippen LogP contribution in [0.4, 0.5) is 11.4 Å². The Labute approximate surface area is 163 Å². The van der Waals surface area contributed by atoms with Gasteiger partial charge >= 0.3 is 17.8 Å². The van der Waals surface area contributed by atoms with E-state index in [1.807, 2.05) is 5.43 Å². The highest BCUT2D eigenvalue weighted by molar-refractivity contribution is 6.39. The van der Waals surface area contributed by atoms with Gasteiger partial charge in [0, 0.05) is 28.4 Å². The van der Waals surface area contributed by atoms with E-state index in [0.717, 1.165) is 6.21 Å². The van der Waals surface area contributed by atoms with Crippen LogP contribution in [0.15, 0.2) is 47.6 Å². The molecule has 0 aliphatic rings. The first-order valence-electron chi connectivity index (χ1n) is 7.58. The minimum absolute atomic E-state index is 0.179. The van der Waals surface area contributed by atoms with E-state index in [1.54, 1.807) is 0 Å². The lowest BCUT2D eigenvalue weighted by molar-refractivity contribution is -0.384. The van der Waals surface area contributed by atoms with Crippen LogP contribution >= 0.6 is 11.6 Å². The van der Waals surface area contributed by atoms with Crippen LogP contribution in [-0.2, 0) is 14.3 Å². The van der Waals surface area contributed by atoms with Gasteiger partial charge in [0.1, 0.15) is 0 Å². The van der Waals surface area contributed by atoms with E-state index in [-0.39, 0.29) is 27.5 Å². The summed E-state index contributed by atoms with van der Waals surface area (Å²) in [5.74, 6) is -2.62. The number of rotatable bonds is 5. The maximum atomic E-state index is 11.8. The second kappa shape index (κ2) is 9.24. The topological polar surface area (TPSA) is 140 Å². The van der Waals surface area contributed by atoms with Crippen LogP contribution in [0.25, 0.3) is 0 Å². The van der Waals surface area contributed by atoms with Gasteiger partial charge in [-0.25, -0.2) is 10.2 Å². The number of anilines is 1. The maximum Gasteiger partial charge on any atom is 0.337 e. The molecule has 144 valence electrons. The number of nitrogens with one attached hydrogen (secondary N) is 2. The van der Waals surface area contributed by atoms with Crippen molar-refractivity contribution in [1.82, 2.24) is 5.43 Å². The van der Waals surface area contributed by atoms with Crippen LogP contribution in [0.3, 0.4) is 0 Å². The van der Waals surface area contributed by atoms with Crippen LogP contribution in [0, 0.1) is 10.1 Å². The van der Waals surface area contributed by atoms with Crippen LogP contribution in [0.1, 0.15) is 15.9 Å². The lowest BCUT2D eigenvalue weighted by atomic mass is 10.2. The number of hydrogen-bond donors (Lipinski definition) is 2. The fourth-order valence-electron chi connectivity index (χ4n) is 1.95. The number of nitro benzene ring substituents is 1. The molecule has 0 spiro atoms. The summed E-state index contributed by atoms with van der Waals surface area (Å²) in [6.07, 6.45) is 1.08. The summed E-state index contributed by atoms with van der Waals surface area (Å²) in [7, 11) is 1.24. The average molecular weight is 405 g/mol. The Hall–Kier alpha value is -3.79. The fraction of sp³-hybridized carbons (Fsp3) is 0.0588. The van der Waals surface area contributed by atoms with Crippen molar-refractivity contribution in [3.05, 3.63) is 68.7 Å². The minimum atomic E-state index is -1.07. The lowest BCUT2D eigenvalue weighted by Crippen LogP contribution is -2.32. The first kappa shape index (κ1) is 20.5. The Morgan fingerprint density at radius 2 is 1.82 bits per heavy atom. The van der Waals surface area contributed by atoms with Gasteiger partial charge < -0.3 is 10.1 Å². The molecule has 0 aliphatic heterocycles. The molecule has 0 unspecified atom stereocenters. The molecule has 2 aromatic carbocycles. The maximum absolute atomic E-state index is 11.8. The second-order valence-electron chi connectivity index (χ2n) is 5.19. The summed E-state index contributed by atoms with van der Waals surface area (Å²) in [5.41, 5.74) is 2.53. The highest BCUT2D eigenvalue weighted by Crippen LogP contribution is 2.20. The molecule has 0 bridgehead atoms. The molecule has 0 fully saturated rings. The number of hydrogen-bond acceptors (Lipinski definition) is 7. The first-order valence-corrected chi connectivity index (χ1v) is 7.96. The van der Waals surface area contributed by atoms with Crippen molar-refractivity contribution in [2.75, 3.05) is 12.4 Å². The van der Waals surface area contributed by atoms with Gasteiger partial charge in [0.2, 0.25) is 0 Å².